The third kappa shape index (κ3) is 11.9. The zero-order valence-corrected chi connectivity index (χ0v) is 36.2. The van der Waals surface area contributed by atoms with Crippen LogP contribution in [0, 0.1) is 6.92 Å². The number of hydrogen-bond donors (Lipinski definition) is 2. The predicted octanol–water partition coefficient (Wildman–Crippen LogP) is 11.1. The number of sulfone groups is 1. The number of ether oxygens (including phenoxy) is 2. The molecule has 62 heavy (non-hydrogen) atoms. The lowest BCUT2D eigenvalue weighted by Gasteiger charge is -2.36. The highest BCUT2D eigenvalue weighted by Gasteiger charge is 2.31. The number of nitrogens with one attached hydrogen (secondary N) is 2. The van der Waals surface area contributed by atoms with Crippen LogP contribution in [0.2, 0.25) is 10.0 Å². The Hall–Kier alpha value is -5.93. The molecule has 1 aliphatic rings. The highest BCUT2D eigenvalue weighted by molar-refractivity contribution is 7.90. The third-order valence-electron chi connectivity index (χ3n) is 9.67. The summed E-state index contributed by atoms with van der Waals surface area (Å²) in [4.78, 5) is 32.1. The van der Waals surface area contributed by atoms with Crippen LogP contribution in [0.25, 0.3) is 22.4 Å². The molecule has 322 valence electrons. The van der Waals surface area contributed by atoms with Crippen LogP contribution in [0.5, 0.6) is 5.75 Å². The molecule has 1 fully saturated rings. The predicted molar refractivity (Wildman–Crippen MR) is 237 cm³/mol. The lowest BCUT2D eigenvalue weighted by molar-refractivity contribution is -0.274. The fourth-order valence-electron chi connectivity index (χ4n) is 6.80. The summed E-state index contributed by atoms with van der Waals surface area (Å²) in [6, 6.07) is 33.1. The molecular formula is C46H41Cl2F3N4O6S. The Morgan fingerprint density at radius 3 is 2.02 bits per heavy atom. The Labute approximate surface area is 367 Å². The maximum Gasteiger partial charge on any atom is 0.573 e. The Balaban J connectivity index is 0.000000214. The first kappa shape index (κ1) is 45.6. The second-order valence-corrected chi connectivity index (χ2v) is 17.3. The van der Waals surface area contributed by atoms with Crippen LogP contribution in [-0.2, 0) is 14.6 Å². The van der Waals surface area contributed by atoms with E-state index in [9.17, 15) is 31.2 Å². The first-order chi connectivity index (χ1) is 29.3. The number of aromatic nitrogens is 1. The number of amides is 2. The molecule has 7 rings (SSSR count). The molecule has 0 radical (unpaired) electrons. The molecule has 16 heteroatoms. The first-order valence-corrected chi connectivity index (χ1v) is 21.8. The average Bonchev–Trinajstić information content (AvgIpc) is 3.21. The smallest absolute Gasteiger partial charge is 0.406 e. The van der Waals surface area contributed by atoms with Crippen LogP contribution >= 0.6 is 23.2 Å². The van der Waals surface area contributed by atoms with E-state index in [2.05, 4.69) is 39.1 Å². The van der Waals surface area contributed by atoms with E-state index in [0.717, 1.165) is 36.2 Å². The van der Waals surface area contributed by atoms with E-state index >= 15 is 0 Å². The van der Waals surface area contributed by atoms with Crippen molar-refractivity contribution in [1.82, 2.24) is 4.98 Å². The molecule has 1 saturated heterocycles. The quantitative estimate of drug-likeness (QED) is 0.147. The topological polar surface area (TPSA) is 127 Å². The van der Waals surface area contributed by atoms with Gasteiger partial charge in [-0.2, -0.15) is 0 Å². The van der Waals surface area contributed by atoms with Crippen LogP contribution in [0.4, 0.5) is 30.2 Å². The first-order valence-electron chi connectivity index (χ1n) is 19.1. The van der Waals surface area contributed by atoms with Crippen molar-refractivity contribution in [1.29, 1.82) is 0 Å². The minimum atomic E-state index is -4.74. The molecule has 0 saturated carbocycles. The molecule has 2 heterocycles. The van der Waals surface area contributed by atoms with Gasteiger partial charge in [-0.05, 0) is 128 Å². The maximum atomic E-state index is 13.0. The normalized spacial score (nSPS) is 15.2. The lowest BCUT2D eigenvalue weighted by atomic mass is 9.96. The van der Waals surface area contributed by atoms with Gasteiger partial charge in [0, 0.05) is 53.7 Å². The van der Waals surface area contributed by atoms with Crippen LogP contribution in [-0.4, -0.2) is 63.1 Å². The molecule has 0 bridgehead atoms. The summed E-state index contributed by atoms with van der Waals surface area (Å²) in [5.41, 5.74) is 6.41. The summed E-state index contributed by atoms with van der Waals surface area (Å²) in [5.74, 6) is -1.02. The molecule has 1 aromatic heterocycles. The molecule has 2 amide bonds. The number of morpholine rings is 1. The Kier molecular flexibility index (Phi) is 14.3. The molecule has 6 aromatic rings. The van der Waals surface area contributed by atoms with Gasteiger partial charge in [0.05, 0.1) is 38.4 Å². The van der Waals surface area contributed by atoms with Crippen molar-refractivity contribution in [2.45, 2.75) is 44.2 Å². The monoisotopic (exact) mass is 904 g/mol. The number of anilines is 3. The number of benzene rings is 5. The SMILES string of the molecule is CS(=O)(=O)c1ccc(C(=O)Nc2ccc(Cl)c(-c3ccccn3)c2)c(Cl)c1.Cc1c(C(=O)Nc2ccc(N3C[C@@H](C)O[C@@H](C)C3)cc2)cccc1-c1ccc(OC(F)(F)F)cc1. The van der Waals surface area contributed by atoms with E-state index in [1.165, 1.54) is 42.5 Å². The number of halogens is 5. The highest BCUT2D eigenvalue weighted by Crippen LogP contribution is 2.32. The summed E-state index contributed by atoms with van der Waals surface area (Å²) in [5, 5.41) is 6.22. The van der Waals surface area contributed by atoms with Gasteiger partial charge >= 0.3 is 6.36 Å². The van der Waals surface area contributed by atoms with Gasteiger partial charge in [-0.25, -0.2) is 8.42 Å². The van der Waals surface area contributed by atoms with Crippen molar-refractivity contribution in [3.05, 3.63) is 154 Å². The van der Waals surface area contributed by atoms with E-state index in [0.29, 0.717) is 38.8 Å². The van der Waals surface area contributed by atoms with E-state index in [1.54, 1.807) is 42.6 Å². The average molecular weight is 906 g/mol. The van der Waals surface area contributed by atoms with Gasteiger partial charge in [-0.1, -0.05) is 53.5 Å². The zero-order chi connectivity index (χ0) is 44.8. The molecule has 5 aromatic carbocycles. The molecule has 1 aliphatic heterocycles. The molecule has 10 nitrogen and oxygen atoms in total. The number of pyridine rings is 1. The van der Waals surface area contributed by atoms with Crippen molar-refractivity contribution in [2.75, 3.05) is 34.9 Å². The van der Waals surface area contributed by atoms with E-state index < -0.39 is 22.1 Å². The van der Waals surface area contributed by atoms with Gasteiger partial charge in [-0.3, -0.25) is 14.6 Å². The van der Waals surface area contributed by atoms with Crippen molar-refractivity contribution < 1.29 is 40.7 Å². The van der Waals surface area contributed by atoms with Gasteiger partial charge in [0.15, 0.2) is 9.84 Å². The second-order valence-electron chi connectivity index (χ2n) is 14.5. The fourth-order valence-corrected chi connectivity index (χ4v) is 8.00. The van der Waals surface area contributed by atoms with Crippen molar-refractivity contribution in [3.8, 4) is 28.1 Å². The van der Waals surface area contributed by atoms with Crippen LogP contribution in [0.1, 0.15) is 40.1 Å². The molecule has 0 spiro atoms. The maximum absolute atomic E-state index is 13.0. The van der Waals surface area contributed by atoms with Crippen molar-refractivity contribution >= 4 is 61.9 Å². The van der Waals surface area contributed by atoms with E-state index in [1.807, 2.05) is 49.4 Å². The lowest BCUT2D eigenvalue weighted by Crippen LogP contribution is -2.45. The fraction of sp³-hybridized carbons (Fsp3) is 0.196. The molecule has 0 aliphatic carbocycles. The Morgan fingerprint density at radius 2 is 1.40 bits per heavy atom. The number of carbonyl (C=O) groups excluding carboxylic acids is 2. The van der Waals surface area contributed by atoms with Crippen LogP contribution < -0.4 is 20.3 Å². The number of nitrogens with zero attached hydrogens (tertiary/aromatic N) is 2. The number of alkyl halides is 3. The highest BCUT2D eigenvalue weighted by atomic mass is 35.5. The Bertz CT molecular complexity index is 2660. The van der Waals surface area contributed by atoms with Gasteiger partial charge in [-0.15, -0.1) is 13.2 Å². The van der Waals surface area contributed by atoms with Crippen molar-refractivity contribution in [2.24, 2.45) is 0 Å². The van der Waals surface area contributed by atoms with Gasteiger partial charge < -0.3 is 25.0 Å². The number of carbonyl (C=O) groups is 2. The summed E-state index contributed by atoms with van der Waals surface area (Å²) in [6.45, 7) is 7.54. The molecular weight excluding hydrogens is 864 g/mol. The number of rotatable bonds is 9. The summed E-state index contributed by atoms with van der Waals surface area (Å²) in [7, 11) is -3.41. The van der Waals surface area contributed by atoms with Gasteiger partial charge in [0.1, 0.15) is 5.75 Å². The van der Waals surface area contributed by atoms with Crippen LogP contribution in [0.3, 0.4) is 0 Å². The molecule has 2 N–H and O–H groups in total. The largest absolute Gasteiger partial charge is 0.573 e. The van der Waals surface area contributed by atoms with E-state index in [-0.39, 0.29) is 39.3 Å². The zero-order valence-electron chi connectivity index (χ0n) is 33.8. The summed E-state index contributed by atoms with van der Waals surface area (Å²) in [6.07, 6.45) is -1.71. The number of hydrogen-bond acceptors (Lipinski definition) is 8. The molecule has 2 atom stereocenters. The Morgan fingerprint density at radius 1 is 0.758 bits per heavy atom. The minimum absolute atomic E-state index is 0.0491. The van der Waals surface area contributed by atoms with Gasteiger partial charge in [0.2, 0.25) is 0 Å². The molecule has 0 unspecified atom stereocenters. The third-order valence-corrected chi connectivity index (χ3v) is 11.4. The van der Waals surface area contributed by atoms with Crippen molar-refractivity contribution in [3.63, 3.8) is 0 Å². The second kappa shape index (κ2) is 19.4. The summed E-state index contributed by atoms with van der Waals surface area (Å²) < 4.78 is 70.2. The van der Waals surface area contributed by atoms with E-state index in [4.69, 9.17) is 27.9 Å². The standard InChI is InChI=1S/C27H27F3N2O3.C19H14Cl2N2O3S/c1-17-15-32(16-18(2)34-17)22-11-9-21(10-12-22)31-26(33)25-6-4-5-24(19(25)3)20-7-13-23(14-8-20)35-27(28,29)30;1-27(25,26)13-6-7-14(17(21)11-13)19(24)23-12-5-8-16(20)15(10-12)18-4-2-3-9-22-18/h4-14,17-18H,15-16H2,1-3H3,(H,31,33);2-11H,1H3,(H,23,24)/t17-,18+;. The van der Waals surface area contributed by atoms with Gasteiger partial charge in [0.25, 0.3) is 11.8 Å². The summed E-state index contributed by atoms with van der Waals surface area (Å²) >= 11 is 12.3. The van der Waals surface area contributed by atoms with Crippen LogP contribution in [0.15, 0.2) is 132 Å². The minimum Gasteiger partial charge on any atom is -0.406 e.